The second-order valence-corrected chi connectivity index (χ2v) is 8.09. The molecular weight excluding hydrogens is 299 g/mol. The summed E-state index contributed by atoms with van der Waals surface area (Å²) >= 11 is 0. The molecule has 1 aliphatic heterocycles. The lowest BCUT2D eigenvalue weighted by Crippen LogP contribution is -2.56. The second kappa shape index (κ2) is 14.1. The lowest BCUT2D eigenvalue weighted by atomic mass is 9.80. The van der Waals surface area contributed by atoms with Gasteiger partial charge in [0.2, 0.25) is 0 Å². The van der Waals surface area contributed by atoms with Crippen LogP contribution in [0.25, 0.3) is 0 Å². The highest BCUT2D eigenvalue weighted by Crippen LogP contribution is 2.30. The van der Waals surface area contributed by atoms with Gasteiger partial charge in [0.25, 0.3) is 0 Å². The highest BCUT2D eigenvalue weighted by atomic mass is 19.1. The Bertz CT molecular complexity index is 269. The fourth-order valence-electron chi connectivity index (χ4n) is 4.28. The van der Waals surface area contributed by atoms with Crippen LogP contribution in [0, 0.1) is 17.8 Å². The van der Waals surface area contributed by atoms with Crippen molar-refractivity contribution in [2.45, 2.75) is 97.1 Å². The lowest BCUT2D eigenvalue weighted by Gasteiger charge is -2.39. The van der Waals surface area contributed by atoms with Gasteiger partial charge in [-0.05, 0) is 37.0 Å². The third-order valence-corrected chi connectivity index (χ3v) is 6.00. The molecule has 0 spiro atoms. The summed E-state index contributed by atoms with van der Waals surface area (Å²) in [5.74, 6) is 2.72. The molecule has 144 valence electrons. The number of halogens is 1. The highest BCUT2D eigenvalue weighted by molar-refractivity contribution is 4.84. The molecule has 2 rings (SSSR count). The van der Waals surface area contributed by atoms with Crippen molar-refractivity contribution in [2.24, 2.45) is 17.8 Å². The van der Waals surface area contributed by atoms with Gasteiger partial charge in [-0.15, -0.1) is 0 Å². The SMILES string of the molecule is CCCCCCCCCC1CNC(C2CCC(C)CC2)NC1.CF. The average Bonchev–Trinajstić information content (AvgIpc) is 2.64. The minimum absolute atomic E-state index is 0.500. The monoisotopic (exact) mass is 342 g/mol. The molecule has 1 saturated carbocycles. The van der Waals surface area contributed by atoms with Crippen LogP contribution in [0.2, 0.25) is 0 Å². The molecular formula is C21H43FN2. The van der Waals surface area contributed by atoms with Crippen LogP contribution >= 0.6 is 0 Å². The minimum atomic E-state index is 0.500. The maximum absolute atomic E-state index is 9.50. The van der Waals surface area contributed by atoms with Crippen LogP contribution in [-0.4, -0.2) is 26.4 Å². The molecule has 2 nitrogen and oxygen atoms in total. The van der Waals surface area contributed by atoms with Crippen LogP contribution < -0.4 is 10.6 Å². The van der Waals surface area contributed by atoms with Crippen molar-refractivity contribution < 1.29 is 4.39 Å². The molecule has 1 saturated heterocycles. The van der Waals surface area contributed by atoms with E-state index in [1.807, 2.05) is 0 Å². The van der Waals surface area contributed by atoms with Crippen molar-refractivity contribution in [3.05, 3.63) is 0 Å². The van der Waals surface area contributed by atoms with E-state index in [1.54, 1.807) is 0 Å². The third-order valence-electron chi connectivity index (χ3n) is 6.00. The molecule has 0 radical (unpaired) electrons. The number of alkyl halides is 1. The Kier molecular flexibility index (Phi) is 12.8. The summed E-state index contributed by atoms with van der Waals surface area (Å²) in [7, 11) is 0.500. The predicted octanol–water partition coefficient (Wildman–Crippen LogP) is 5.67. The van der Waals surface area contributed by atoms with Crippen molar-refractivity contribution in [1.82, 2.24) is 10.6 Å². The van der Waals surface area contributed by atoms with Crippen LogP contribution in [-0.2, 0) is 0 Å². The fourth-order valence-corrected chi connectivity index (χ4v) is 4.28. The summed E-state index contributed by atoms with van der Waals surface area (Å²) in [6.07, 6.45) is 17.8. The van der Waals surface area contributed by atoms with Gasteiger partial charge in [-0.25, -0.2) is 0 Å². The molecule has 0 bridgehead atoms. The van der Waals surface area contributed by atoms with Crippen molar-refractivity contribution in [2.75, 3.05) is 20.3 Å². The van der Waals surface area contributed by atoms with E-state index in [9.17, 15) is 4.39 Å². The second-order valence-electron chi connectivity index (χ2n) is 8.09. The van der Waals surface area contributed by atoms with E-state index in [0.29, 0.717) is 13.3 Å². The van der Waals surface area contributed by atoms with E-state index in [-0.39, 0.29) is 0 Å². The van der Waals surface area contributed by atoms with Crippen LogP contribution in [0.1, 0.15) is 90.9 Å². The Balaban J connectivity index is 0.00000139. The Morgan fingerprint density at radius 2 is 1.33 bits per heavy atom. The largest absolute Gasteiger partial charge is 0.301 e. The summed E-state index contributed by atoms with van der Waals surface area (Å²) in [5, 5.41) is 7.62. The molecule has 2 N–H and O–H groups in total. The Morgan fingerprint density at radius 1 is 0.792 bits per heavy atom. The Labute approximate surface area is 150 Å². The minimum Gasteiger partial charge on any atom is -0.301 e. The molecule has 2 fully saturated rings. The first kappa shape index (κ1) is 21.9. The zero-order chi connectivity index (χ0) is 17.6. The van der Waals surface area contributed by atoms with Crippen LogP contribution in [0.15, 0.2) is 0 Å². The third kappa shape index (κ3) is 8.80. The van der Waals surface area contributed by atoms with Gasteiger partial charge in [-0.3, -0.25) is 4.39 Å². The number of rotatable bonds is 9. The van der Waals surface area contributed by atoms with Gasteiger partial charge in [0, 0.05) is 13.1 Å². The standard InChI is InChI=1S/C20H40N2.CH3F/c1-3-4-5-6-7-8-9-10-18-15-21-20(22-16-18)19-13-11-17(2)12-14-19;1-2/h17-22H,3-16H2,1-2H3;1H3. The number of hydrogen-bond acceptors (Lipinski definition) is 2. The van der Waals surface area contributed by atoms with Gasteiger partial charge >= 0.3 is 0 Å². The molecule has 0 atom stereocenters. The van der Waals surface area contributed by atoms with E-state index < -0.39 is 0 Å². The summed E-state index contributed by atoms with van der Waals surface area (Å²) in [6, 6.07) is 0. The van der Waals surface area contributed by atoms with Gasteiger partial charge in [0.15, 0.2) is 0 Å². The first-order valence-electron chi connectivity index (χ1n) is 10.6. The van der Waals surface area contributed by atoms with E-state index in [4.69, 9.17) is 0 Å². The molecule has 3 heteroatoms. The van der Waals surface area contributed by atoms with Gasteiger partial charge in [0.1, 0.15) is 0 Å². The van der Waals surface area contributed by atoms with E-state index in [0.717, 1.165) is 17.8 Å². The fraction of sp³-hybridized carbons (Fsp3) is 1.00. The van der Waals surface area contributed by atoms with Crippen LogP contribution in [0.3, 0.4) is 0 Å². The van der Waals surface area contributed by atoms with E-state index in [2.05, 4.69) is 24.5 Å². The van der Waals surface area contributed by atoms with Crippen LogP contribution in [0.4, 0.5) is 4.39 Å². The smallest absolute Gasteiger partial charge is 0.0785 e. The molecule has 1 heterocycles. The normalized spacial score (nSPS) is 30.5. The molecule has 0 aromatic carbocycles. The summed E-state index contributed by atoms with van der Waals surface area (Å²) < 4.78 is 9.50. The van der Waals surface area contributed by atoms with E-state index in [1.165, 1.54) is 90.1 Å². The van der Waals surface area contributed by atoms with Crippen molar-refractivity contribution in [1.29, 1.82) is 0 Å². The van der Waals surface area contributed by atoms with Gasteiger partial charge in [0.05, 0.1) is 13.3 Å². The van der Waals surface area contributed by atoms with E-state index >= 15 is 0 Å². The lowest BCUT2D eigenvalue weighted by molar-refractivity contribution is 0.166. The Morgan fingerprint density at radius 3 is 1.92 bits per heavy atom. The Hall–Kier alpha value is -0.150. The average molecular weight is 343 g/mol. The molecule has 2 aliphatic rings. The zero-order valence-corrected chi connectivity index (χ0v) is 16.6. The molecule has 1 aliphatic carbocycles. The number of hydrogen-bond donors (Lipinski definition) is 2. The number of unbranched alkanes of at least 4 members (excludes halogenated alkanes) is 6. The molecule has 0 aromatic rings. The maximum Gasteiger partial charge on any atom is 0.0785 e. The van der Waals surface area contributed by atoms with Gasteiger partial charge < -0.3 is 10.6 Å². The summed E-state index contributed by atoms with van der Waals surface area (Å²) in [5.41, 5.74) is 0. The maximum atomic E-state index is 9.50. The quantitative estimate of drug-likeness (QED) is 0.527. The van der Waals surface area contributed by atoms with Crippen molar-refractivity contribution in [3.63, 3.8) is 0 Å². The first-order valence-corrected chi connectivity index (χ1v) is 10.6. The summed E-state index contributed by atoms with van der Waals surface area (Å²) in [6.45, 7) is 7.21. The predicted molar refractivity (Wildman–Crippen MR) is 104 cm³/mol. The summed E-state index contributed by atoms with van der Waals surface area (Å²) in [4.78, 5) is 0. The first-order chi connectivity index (χ1) is 11.8. The number of nitrogens with one attached hydrogen (secondary N) is 2. The zero-order valence-electron chi connectivity index (χ0n) is 16.6. The molecule has 24 heavy (non-hydrogen) atoms. The highest BCUT2D eigenvalue weighted by Gasteiger charge is 2.28. The van der Waals surface area contributed by atoms with Crippen LogP contribution in [0.5, 0.6) is 0 Å². The van der Waals surface area contributed by atoms with Crippen molar-refractivity contribution in [3.8, 4) is 0 Å². The van der Waals surface area contributed by atoms with Crippen molar-refractivity contribution >= 4 is 0 Å². The molecule has 0 amide bonds. The van der Waals surface area contributed by atoms with Gasteiger partial charge in [-0.1, -0.05) is 71.6 Å². The van der Waals surface area contributed by atoms with Gasteiger partial charge in [-0.2, -0.15) is 0 Å². The molecule has 0 unspecified atom stereocenters. The molecule has 0 aromatic heterocycles. The topological polar surface area (TPSA) is 24.1 Å².